The van der Waals surface area contributed by atoms with Gasteiger partial charge in [0.1, 0.15) is 0 Å². The van der Waals surface area contributed by atoms with Crippen molar-refractivity contribution >= 4 is 17.1 Å². The van der Waals surface area contributed by atoms with Crippen molar-refractivity contribution in [3.05, 3.63) is 144 Å². The van der Waals surface area contributed by atoms with Gasteiger partial charge in [0.15, 0.2) is 0 Å². The quantitative estimate of drug-likeness (QED) is 0.255. The van der Waals surface area contributed by atoms with Crippen LogP contribution in [0, 0.1) is 0 Å². The van der Waals surface area contributed by atoms with Crippen LogP contribution in [0.5, 0.6) is 0 Å². The number of pyridine rings is 1. The largest absolute Gasteiger partial charge is 0.353 e. The molecule has 8 rings (SSSR count). The number of rotatable bonds is 5. The Labute approximate surface area is 247 Å². The van der Waals surface area contributed by atoms with Crippen molar-refractivity contribution in [3.63, 3.8) is 0 Å². The molecule has 1 saturated heterocycles. The summed E-state index contributed by atoms with van der Waals surface area (Å²) in [6, 6.07) is 28.8. The van der Waals surface area contributed by atoms with Gasteiger partial charge in [0.25, 0.3) is 0 Å². The summed E-state index contributed by atoms with van der Waals surface area (Å²) < 4.78 is 0. The van der Waals surface area contributed by atoms with Crippen molar-refractivity contribution in [3.8, 4) is 22.4 Å². The van der Waals surface area contributed by atoms with Gasteiger partial charge in [-0.05, 0) is 72.5 Å². The van der Waals surface area contributed by atoms with Crippen molar-refractivity contribution in [1.29, 1.82) is 0 Å². The van der Waals surface area contributed by atoms with E-state index in [2.05, 4.69) is 131 Å². The minimum absolute atomic E-state index is 0.193. The summed E-state index contributed by atoms with van der Waals surface area (Å²) >= 11 is 0. The number of fused-ring (bicyclic) bond motifs is 10. The molecular weight excluding hydrogens is 512 g/mol. The molecule has 4 heterocycles. The van der Waals surface area contributed by atoms with Crippen molar-refractivity contribution in [1.82, 2.24) is 4.98 Å². The van der Waals surface area contributed by atoms with Crippen molar-refractivity contribution in [2.24, 2.45) is 5.73 Å². The standard InChI is InChI=1S/C38H34N4/c1-2-3-9-21-38(25-39)24-35-36-29(28-14-4-7-18-33(28)42(35)38)19-20-34-37(36)30-15-5-6-17-32(30)41(34)27-13-11-12-26(23-27)31-16-8-10-22-40-31/h2-14,16-23,30,35H,15,24-25,39H2,1H3/b3-2-,21-9-. The van der Waals surface area contributed by atoms with Gasteiger partial charge >= 0.3 is 0 Å². The lowest BCUT2D eigenvalue weighted by molar-refractivity contribution is 0.264. The highest BCUT2D eigenvalue weighted by Gasteiger charge is 2.55. The lowest BCUT2D eigenvalue weighted by Crippen LogP contribution is -2.65. The summed E-state index contributed by atoms with van der Waals surface area (Å²) in [5.41, 5.74) is 19.2. The Morgan fingerprint density at radius 3 is 2.69 bits per heavy atom. The van der Waals surface area contributed by atoms with E-state index in [0.717, 1.165) is 24.1 Å². The second-order valence-corrected chi connectivity index (χ2v) is 11.7. The Hall–Kier alpha value is -4.67. The van der Waals surface area contributed by atoms with Gasteiger partial charge in [-0.25, -0.2) is 0 Å². The summed E-state index contributed by atoms with van der Waals surface area (Å²) in [7, 11) is 0. The molecule has 3 aromatic carbocycles. The molecule has 1 aliphatic carbocycles. The van der Waals surface area contributed by atoms with Crippen LogP contribution >= 0.6 is 0 Å². The predicted octanol–water partition coefficient (Wildman–Crippen LogP) is 8.59. The highest BCUT2D eigenvalue weighted by molar-refractivity contribution is 5.93. The number of para-hydroxylation sites is 1. The van der Waals surface area contributed by atoms with E-state index >= 15 is 0 Å². The van der Waals surface area contributed by atoms with E-state index in [1.54, 1.807) is 0 Å². The normalized spacial score (nSPS) is 23.2. The third-order valence-corrected chi connectivity index (χ3v) is 9.50. The fourth-order valence-electron chi connectivity index (χ4n) is 7.68. The molecule has 0 radical (unpaired) electrons. The maximum atomic E-state index is 6.57. The third-order valence-electron chi connectivity index (χ3n) is 9.50. The van der Waals surface area contributed by atoms with Gasteiger partial charge in [-0.15, -0.1) is 0 Å². The molecule has 4 aromatic rings. The molecule has 0 saturated carbocycles. The Morgan fingerprint density at radius 2 is 1.83 bits per heavy atom. The van der Waals surface area contributed by atoms with Gasteiger partial charge in [0, 0.05) is 53.3 Å². The van der Waals surface area contributed by atoms with Crippen LogP contribution in [0.25, 0.3) is 22.4 Å². The van der Waals surface area contributed by atoms with Crippen LogP contribution in [0.15, 0.2) is 133 Å². The minimum Gasteiger partial charge on any atom is -0.353 e. The Kier molecular flexibility index (Phi) is 5.80. The van der Waals surface area contributed by atoms with Gasteiger partial charge in [-0.1, -0.05) is 78.9 Å². The molecule has 0 amide bonds. The summed E-state index contributed by atoms with van der Waals surface area (Å²) in [5, 5.41) is 0. The van der Waals surface area contributed by atoms with Crippen molar-refractivity contribution < 1.29 is 0 Å². The molecule has 3 aliphatic heterocycles. The molecule has 1 fully saturated rings. The van der Waals surface area contributed by atoms with Crippen LogP contribution in [-0.2, 0) is 0 Å². The average Bonchev–Trinajstić information content (AvgIpc) is 3.38. The number of allylic oxidation sites excluding steroid dienone is 7. The number of hydrogen-bond donors (Lipinski definition) is 1. The number of benzene rings is 3. The zero-order chi connectivity index (χ0) is 28.3. The minimum atomic E-state index is -0.193. The fraction of sp³-hybridized carbons (Fsp3) is 0.184. The molecule has 4 heteroatoms. The van der Waals surface area contributed by atoms with Gasteiger partial charge in [0.05, 0.1) is 23.0 Å². The molecule has 0 bridgehead atoms. The van der Waals surface area contributed by atoms with Gasteiger partial charge in [-0.2, -0.15) is 0 Å². The van der Waals surface area contributed by atoms with E-state index in [-0.39, 0.29) is 11.6 Å². The molecule has 42 heavy (non-hydrogen) atoms. The molecule has 1 aromatic heterocycles. The van der Waals surface area contributed by atoms with E-state index in [0.29, 0.717) is 12.5 Å². The van der Waals surface area contributed by atoms with E-state index in [1.807, 2.05) is 18.3 Å². The first-order chi connectivity index (χ1) is 20.7. The van der Waals surface area contributed by atoms with Crippen LogP contribution in [0.4, 0.5) is 17.1 Å². The number of nitrogens with zero attached hydrogens (tertiary/aromatic N) is 3. The smallest absolute Gasteiger partial charge is 0.0739 e. The highest BCUT2D eigenvalue weighted by Crippen LogP contribution is 2.63. The lowest BCUT2D eigenvalue weighted by atomic mass is 9.67. The summed E-state index contributed by atoms with van der Waals surface area (Å²) in [5.74, 6) is 0.317. The second-order valence-electron chi connectivity index (χ2n) is 11.7. The average molecular weight is 547 g/mol. The zero-order valence-electron chi connectivity index (χ0n) is 23.8. The Bertz CT molecular complexity index is 1810. The molecule has 2 N–H and O–H groups in total. The van der Waals surface area contributed by atoms with Crippen molar-refractivity contribution in [2.45, 2.75) is 37.3 Å². The number of nitrogens with two attached hydrogens (primary N) is 1. The molecule has 4 nitrogen and oxygen atoms in total. The summed E-state index contributed by atoms with van der Waals surface area (Å²) in [6.45, 7) is 2.64. The van der Waals surface area contributed by atoms with Crippen LogP contribution in [0.1, 0.15) is 42.9 Å². The van der Waals surface area contributed by atoms with Crippen LogP contribution in [0.2, 0.25) is 0 Å². The Morgan fingerprint density at radius 1 is 0.929 bits per heavy atom. The molecule has 206 valence electrons. The first kappa shape index (κ1) is 25.1. The van der Waals surface area contributed by atoms with Gasteiger partial charge in [-0.3, -0.25) is 4.98 Å². The van der Waals surface area contributed by atoms with Crippen molar-refractivity contribution in [2.75, 3.05) is 16.3 Å². The van der Waals surface area contributed by atoms with E-state index in [1.165, 1.54) is 45.0 Å². The molecule has 0 spiro atoms. The van der Waals surface area contributed by atoms with E-state index in [4.69, 9.17) is 5.73 Å². The van der Waals surface area contributed by atoms with Crippen LogP contribution in [-0.4, -0.2) is 17.1 Å². The van der Waals surface area contributed by atoms with Gasteiger partial charge in [0.2, 0.25) is 0 Å². The first-order valence-corrected chi connectivity index (χ1v) is 15.0. The predicted molar refractivity (Wildman–Crippen MR) is 174 cm³/mol. The lowest BCUT2D eigenvalue weighted by Gasteiger charge is -2.61. The third kappa shape index (κ3) is 3.55. The zero-order valence-corrected chi connectivity index (χ0v) is 23.8. The van der Waals surface area contributed by atoms with E-state index in [9.17, 15) is 0 Å². The monoisotopic (exact) mass is 546 g/mol. The number of aromatic nitrogens is 1. The number of anilines is 3. The number of hydrogen-bond acceptors (Lipinski definition) is 4. The highest BCUT2D eigenvalue weighted by atomic mass is 15.3. The summed E-state index contributed by atoms with van der Waals surface area (Å²) in [4.78, 5) is 9.72. The molecular formula is C38H34N4. The second kappa shape index (κ2) is 9.71. The molecule has 3 unspecified atom stereocenters. The fourth-order valence-corrected chi connectivity index (χ4v) is 7.68. The maximum Gasteiger partial charge on any atom is 0.0739 e. The SMILES string of the molecule is C/C=C\C=C/C1(CN)CC2c3c(ccc4c3C3CC=CC=C3N4c3cccc(-c4ccccn4)c3)-c3ccccc3N21. The summed E-state index contributed by atoms with van der Waals surface area (Å²) in [6.07, 6.45) is 19.4. The van der Waals surface area contributed by atoms with Crippen LogP contribution < -0.4 is 15.5 Å². The Balaban J connectivity index is 1.31. The maximum absolute atomic E-state index is 6.57. The van der Waals surface area contributed by atoms with E-state index < -0.39 is 0 Å². The topological polar surface area (TPSA) is 45.4 Å². The van der Waals surface area contributed by atoms with Crippen LogP contribution in [0.3, 0.4) is 0 Å². The first-order valence-electron chi connectivity index (χ1n) is 15.0. The molecule has 4 aliphatic rings. The van der Waals surface area contributed by atoms with Gasteiger partial charge < -0.3 is 15.5 Å². The molecule has 3 atom stereocenters.